The molecule has 2 N–H and O–H groups in total. The van der Waals surface area contributed by atoms with Gasteiger partial charge in [-0.1, -0.05) is 0 Å². The lowest BCUT2D eigenvalue weighted by Gasteiger charge is -2.18. The summed E-state index contributed by atoms with van der Waals surface area (Å²) in [7, 11) is 4.60. The Labute approximate surface area is 130 Å². The van der Waals surface area contributed by atoms with Crippen molar-refractivity contribution in [2.75, 3.05) is 27.9 Å². The SMILES string of the molecule is CCOC(=O)C[C@H](N)c1cc(OC)c(OC)cc1OC.Cl. The normalized spacial score (nSPS) is 11.1. The number of esters is 1. The highest BCUT2D eigenvalue weighted by molar-refractivity contribution is 5.85. The van der Waals surface area contributed by atoms with Gasteiger partial charge in [-0.05, 0) is 13.0 Å². The van der Waals surface area contributed by atoms with E-state index in [1.807, 2.05) is 0 Å². The van der Waals surface area contributed by atoms with E-state index in [4.69, 9.17) is 24.7 Å². The molecule has 1 atom stereocenters. The summed E-state index contributed by atoms with van der Waals surface area (Å²) < 4.78 is 20.6. The van der Waals surface area contributed by atoms with Crippen LogP contribution in [0.25, 0.3) is 0 Å². The lowest BCUT2D eigenvalue weighted by atomic mass is 10.0. The molecule has 0 amide bonds. The van der Waals surface area contributed by atoms with Crippen LogP contribution in [0.2, 0.25) is 0 Å². The summed E-state index contributed by atoms with van der Waals surface area (Å²) in [6, 6.07) is 2.85. The van der Waals surface area contributed by atoms with Crippen LogP contribution in [-0.4, -0.2) is 33.9 Å². The molecule has 0 aliphatic heterocycles. The Balaban J connectivity index is 0.00000400. The second-order valence-corrected chi connectivity index (χ2v) is 4.06. The molecule has 0 aliphatic rings. The van der Waals surface area contributed by atoms with Crippen molar-refractivity contribution in [2.24, 2.45) is 5.73 Å². The fraction of sp³-hybridized carbons (Fsp3) is 0.500. The lowest BCUT2D eigenvalue weighted by Crippen LogP contribution is -2.18. The van der Waals surface area contributed by atoms with Crippen LogP contribution in [0.15, 0.2) is 12.1 Å². The van der Waals surface area contributed by atoms with Gasteiger partial charge >= 0.3 is 5.97 Å². The first kappa shape index (κ1) is 19.3. The standard InChI is InChI=1S/C14H21NO5.ClH/c1-5-20-14(16)7-10(15)9-6-12(18-3)13(19-4)8-11(9)17-2;/h6,8,10H,5,7,15H2,1-4H3;1H/t10-;/m0./s1. The Morgan fingerprint density at radius 2 is 1.62 bits per heavy atom. The zero-order chi connectivity index (χ0) is 15.1. The summed E-state index contributed by atoms with van der Waals surface area (Å²) in [6.45, 7) is 2.08. The Morgan fingerprint density at radius 1 is 1.10 bits per heavy atom. The number of methoxy groups -OCH3 is 3. The zero-order valence-corrected chi connectivity index (χ0v) is 13.5. The van der Waals surface area contributed by atoms with E-state index in [2.05, 4.69) is 0 Å². The first-order chi connectivity index (χ1) is 9.57. The third-order valence-corrected chi connectivity index (χ3v) is 2.83. The smallest absolute Gasteiger partial charge is 0.307 e. The predicted molar refractivity (Wildman–Crippen MR) is 81.5 cm³/mol. The minimum absolute atomic E-state index is 0. The fourth-order valence-electron chi connectivity index (χ4n) is 1.85. The number of hydrogen-bond donors (Lipinski definition) is 1. The van der Waals surface area contributed by atoms with E-state index in [1.165, 1.54) is 21.3 Å². The minimum Gasteiger partial charge on any atom is -0.496 e. The molecule has 6 nitrogen and oxygen atoms in total. The molecule has 0 radical (unpaired) electrons. The van der Waals surface area contributed by atoms with Crippen molar-refractivity contribution in [1.29, 1.82) is 0 Å². The maximum Gasteiger partial charge on any atom is 0.307 e. The van der Waals surface area contributed by atoms with Crippen LogP contribution < -0.4 is 19.9 Å². The molecule has 7 heteroatoms. The summed E-state index contributed by atoms with van der Waals surface area (Å²) in [5, 5.41) is 0. The van der Waals surface area contributed by atoms with Gasteiger partial charge in [0.2, 0.25) is 0 Å². The lowest BCUT2D eigenvalue weighted by molar-refractivity contribution is -0.143. The van der Waals surface area contributed by atoms with Crippen LogP contribution in [0, 0.1) is 0 Å². The molecular weight excluding hydrogens is 298 g/mol. The average Bonchev–Trinajstić information content (AvgIpc) is 2.45. The number of nitrogens with two attached hydrogens (primary N) is 1. The number of rotatable bonds is 7. The molecule has 1 aromatic rings. The van der Waals surface area contributed by atoms with Gasteiger partial charge in [-0.3, -0.25) is 4.79 Å². The van der Waals surface area contributed by atoms with Gasteiger partial charge in [-0.2, -0.15) is 0 Å². The topological polar surface area (TPSA) is 80.0 Å². The molecule has 0 saturated carbocycles. The molecule has 0 aliphatic carbocycles. The summed E-state index contributed by atoms with van der Waals surface area (Å²) in [5.41, 5.74) is 6.71. The molecular formula is C14H22ClNO5. The summed E-state index contributed by atoms with van der Waals surface area (Å²) in [5.74, 6) is 1.26. The van der Waals surface area contributed by atoms with E-state index in [9.17, 15) is 4.79 Å². The molecule has 0 bridgehead atoms. The van der Waals surface area contributed by atoms with Gasteiger partial charge in [0.25, 0.3) is 0 Å². The number of hydrogen-bond acceptors (Lipinski definition) is 6. The number of ether oxygens (including phenoxy) is 4. The Morgan fingerprint density at radius 3 is 2.10 bits per heavy atom. The Hall–Kier alpha value is -1.66. The number of carbonyl (C=O) groups is 1. The second-order valence-electron chi connectivity index (χ2n) is 4.06. The van der Waals surface area contributed by atoms with Crippen LogP contribution in [0.3, 0.4) is 0 Å². The van der Waals surface area contributed by atoms with Crippen molar-refractivity contribution in [2.45, 2.75) is 19.4 Å². The van der Waals surface area contributed by atoms with Crippen molar-refractivity contribution < 1.29 is 23.7 Å². The Bertz CT molecular complexity index is 467. The number of benzene rings is 1. The molecule has 21 heavy (non-hydrogen) atoms. The van der Waals surface area contributed by atoms with Gasteiger partial charge in [0.15, 0.2) is 11.5 Å². The highest BCUT2D eigenvalue weighted by Gasteiger charge is 2.20. The molecule has 120 valence electrons. The van der Waals surface area contributed by atoms with Gasteiger partial charge in [-0.15, -0.1) is 12.4 Å². The third-order valence-electron chi connectivity index (χ3n) is 2.83. The molecule has 0 heterocycles. The summed E-state index contributed by atoms with van der Waals surface area (Å²) >= 11 is 0. The van der Waals surface area contributed by atoms with E-state index >= 15 is 0 Å². The minimum atomic E-state index is -0.538. The van der Waals surface area contributed by atoms with Crippen LogP contribution >= 0.6 is 12.4 Å². The van der Waals surface area contributed by atoms with E-state index in [1.54, 1.807) is 19.1 Å². The quantitative estimate of drug-likeness (QED) is 0.775. The summed E-state index contributed by atoms with van der Waals surface area (Å²) in [6.07, 6.45) is 0.0691. The van der Waals surface area contributed by atoms with Crippen LogP contribution in [-0.2, 0) is 9.53 Å². The van der Waals surface area contributed by atoms with Crippen LogP contribution in [0.1, 0.15) is 24.9 Å². The average molecular weight is 320 g/mol. The monoisotopic (exact) mass is 319 g/mol. The van der Waals surface area contributed by atoms with Crippen molar-refractivity contribution >= 4 is 18.4 Å². The first-order valence-electron chi connectivity index (χ1n) is 6.28. The predicted octanol–water partition coefficient (Wildman–Crippen LogP) is 2.09. The van der Waals surface area contributed by atoms with Gasteiger partial charge in [0.05, 0.1) is 34.4 Å². The molecule has 0 fully saturated rings. The van der Waals surface area contributed by atoms with Crippen molar-refractivity contribution in [3.05, 3.63) is 17.7 Å². The number of halogens is 1. The van der Waals surface area contributed by atoms with E-state index in [-0.39, 0.29) is 24.8 Å². The fourth-order valence-corrected chi connectivity index (χ4v) is 1.85. The van der Waals surface area contributed by atoms with Crippen molar-refractivity contribution in [3.8, 4) is 17.2 Å². The van der Waals surface area contributed by atoms with E-state index in [0.717, 1.165) is 0 Å². The molecule has 1 aromatic carbocycles. The second kappa shape index (κ2) is 9.31. The molecule has 0 aromatic heterocycles. The van der Waals surface area contributed by atoms with Crippen LogP contribution in [0.5, 0.6) is 17.2 Å². The van der Waals surface area contributed by atoms with Gasteiger partial charge < -0.3 is 24.7 Å². The molecule has 0 spiro atoms. The molecule has 0 saturated heterocycles. The van der Waals surface area contributed by atoms with Crippen molar-refractivity contribution in [3.63, 3.8) is 0 Å². The highest BCUT2D eigenvalue weighted by atomic mass is 35.5. The first-order valence-corrected chi connectivity index (χ1v) is 6.28. The maximum absolute atomic E-state index is 11.5. The third kappa shape index (κ3) is 4.99. The largest absolute Gasteiger partial charge is 0.496 e. The Kier molecular flexibility index (Phi) is 8.57. The molecule has 1 rings (SSSR count). The van der Waals surface area contributed by atoms with Crippen molar-refractivity contribution in [1.82, 2.24) is 0 Å². The van der Waals surface area contributed by atoms with Gasteiger partial charge in [0.1, 0.15) is 5.75 Å². The van der Waals surface area contributed by atoms with Gasteiger partial charge in [-0.25, -0.2) is 0 Å². The maximum atomic E-state index is 11.5. The summed E-state index contributed by atoms with van der Waals surface area (Å²) in [4.78, 5) is 11.5. The number of carbonyl (C=O) groups excluding carboxylic acids is 1. The zero-order valence-electron chi connectivity index (χ0n) is 12.7. The van der Waals surface area contributed by atoms with Gasteiger partial charge in [0, 0.05) is 17.7 Å². The van der Waals surface area contributed by atoms with Crippen LogP contribution in [0.4, 0.5) is 0 Å². The van der Waals surface area contributed by atoms with E-state index in [0.29, 0.717) is 29.4 Å². The van der Waals surface area contributed by atoms with E-state index < -0.39 is 6.04 Å². The molecule has 0 unspecified atom stereocenters. The highest BCUT2D eigenvalue weighted by Crippen LogP contribution is 2.37.